The van der Waals surface area contributed by atoms with Crippen molar-refractivity contribution < 1.29 is 14.0 Å². The van der Waals surface area contributed by atoms with Crippen molar-refractivity contribution in [3.8, 4) is 0 Å². The number of carbonyl (C=O) groups excluding carboxylic acids is 1. The number of piperazine rings is 1. The van der Waals surface area contributed by atoms with E-state index in [0.29, 0.717) is 36.7 Å². The Hall–Kier alpha value is -1.98. The van der Waals surface area contributed by atoms with E-state index in [2.05, 4.69) is 48.6 Å². The first-order chi connectivity index (χ1) is 18.9. The van der Waals surface area contributed by atoms with Gasteiger partial charge in [-0.05, 0) is 61.8 Å². The zero-order valence-electron chi connectivity index (χ0n) is 22.4. The van der Waals surface area contributed by atoms with E-state index < -0.39 is 11.7 Å². The Morgan fingerprint density at radius 2 is 1.95 bits per heavy atom. The van der Waals surface area contributed by atoms with Gasteiger partial charge >= 0.3 is 0 Å². The minimum absolute atomic E-state index is 0.0516. The molecule has 2 aliphatic carbocycles. The number of fused-ring (bicyclic) bond motifs is 1. The molecule has 2 N–H and O–H groups in total. The SMILES string of the molecule is CN1CCN(CCCCCn2cnc3c(F)c(NC4=CC=C(Br)CC4Cl)c(C(=O)NOCC4CC4)cc32)CC1. The predicted octanol–water partition coefficient (Wildman–Crippen LogP) is 5.25. The number of benzene rings is 1. The molecule has 1 saturated heterocycles. The average molecular weight is 624 g/mol. The molecule has 0 spiro atoms. The fraction of sp³-hybridized carbons (Fsp3) is 0.571. The third-order valence-corrected chi connectivity index (χ3v) is 8.65. The van der Waals surface area contributed by atoms with Crippen molar-refractivity contribution in [3.63, 3.8) is 0 Å². The van der Waals surface area contributed by atoms with E-state index in [1.807, 2.05) is 10.6 Å². The van der Waals surface area contributed by atoms with Crippen LogP contribution in [0.2, 0.25) is 0 Å². The standard InChI is InChI=1S/C28H37BrClFN6O2/c1-35-11-13-36(14-12-35)9-3-2-4-10-37-18-32-27-24(37)16-21(28(38)34-39-17-19-5-6-19)26(25(27)31)33-23-8-7-20(29)15-22(23)30/h7-8,16,18-19,22,33H,2-6,9-15,17H2,1H3,(H,34,38). The normalized spacial score (nSPS) is 20.7. The number of alkyl halides is 1. The Morgan fingerprint density at radius 3 is 2.69 bits per heavy atom. The number of imidazole rings is 1. The average Bonchev–Trinajstić information content (AvgIpc) is 3.65. The number of likely N-dealkylation sites (N-methyl/N-ethyl adjacent to an activating group) is 1. The summed E-state index contributed by atoms with van der Waals surface area (Å²) < 4.78 is 18.8. The van der Waals surface area contributed by atoms with Crippen molar-refractivity contribution in [2.24, 2.45) is 5.92 Å². The zero-order valence-corrected chi connectivity index (χ0v) is 24.7. The predicted molar refractivity (Wildman–Crippen MR) is 157 cm³/mol. The third-order valence-electron chi connectivity index (χ3n) is 7.68. The summed E-state index contributed by atoms with van der Waals surface area (Å²) in [5, 5.41) is 2.71. The Morgan fingerprint density at radius 1 is 1.18 bits per heavy atom. The molecule has 212 valence electrons. The number of halogens is 3. The fourth-order valence-corrected chi connectivity index (χ4v) is 5.90. The first-order valence-corrected chi connectivity index (χ1v) is 15.1. The van der Waals surface area contributed by atoms with Crippen LogP contribution in [0.4, 0.5) is 10.1 Å². The number of allylic oxidation sites excluding steroid dienone is 4. The second kappa shape index (κ2) is 13.1. The first kappa shape index (κ1) is 28.5. The number of hydroxylamine groups is 1. The van der Waals surface area contributed by atoms with E-state index in [-0.39, 0.29) is 22.1 Å². The number of unbranched alkanes of at least 4 members (excludes halogenated alkanes) is 2. The van der Waals surface area contributed by atoms with Gasteiger partial charge in [0.05, 0.1) is 35.1 Å². The Labute approximate surface area is 242 Å². The molecule has 2 fully saturated rings. The maximum atomic E-state index is 15.9. The van der Waals surface area contributed by atoms with Crippen LogP contribution in [0.1, 0.15) is 48.9 Å². The molecule has 3 aliphatic rings. The number of amides is 1. The van der Waals surface area contributed by atoms with Crippen LogP contribution in [0, 0.1) is 11.7 Å². The minimum Gasteiger partial charge on any atom is -0.355 e. The molecule has 1 unspecified atom stereocenters. The molecule has 2 aromatic rings. The van der Waals surface area contributed by atoms with Crippen LogP contribution in [-0.4, -0.2) is 77.0 Å². The van der Waals surface area contributed by atoms with Gasteiger partial charge < -0.3 is 19.7 Å². The van der Waals surface area contributed by atoms with Crippen LogP contribution in [0.25, 0.3) is 11.0 Å². The van der Waals surface area contributed by atoms with Gasteiger partial charge in [-0.15, -0.1) is 11.6 Å². The van der Waals surface area contributed by atoms with Crippen molar-refractivity contribution in [1.29, 1.82) is 0 Å². The highest BCUT2D eigenvalue weighted by molar-refractivity contribution is 9.11. The van der Waals surface area contributed by atoms with Crippen LogP contribution in [0.5, 0.6) is 0 Å². The lowest BCUT2D eigenvalue weighted by molar-refractivity contribution is 0.0271. The zero-order chi connectivity index (χ0) is 27.4. The summed E-state index contributed by atoms with van der Waals surface area (Å²) in [6, 6.07) is 1.70. The van der Waals surface area contributed by atoms with Crippen LogP contribution in [0.3, 0.4) is 0 Å². The Kier molecular flexibility index (Phi) is 9.60. The number of hydrogen-bond donors (Lipinski definition) is 2. The van der Waals surface area contributed by atoms with Crippen molar-refractivity contribution in [2.45, 2.75) is 50.4 Å². The molecule has 8 nitrogen and oxygen atoms in total. The highest BCUT2D eigenvalue weighted by Crippen LogP contribution is 2.34. The summed E-state index contributed by atoms with van der Waals surface area (Å²) in [5.74, 6) is -0.598. The van der Waals surface area contributed by atoms with Crippen molar-refractivity contribution in [2.75, 3.05) is 51.7 Å². The van der Waals surface area contributed by atoms with Crippen molar-refractivity contribution in [3.05, 3.63) is 46.1 Å². The van der Waals surface area contributed by atoms with Gasteiger partial charge in [-0.1, -0.05) is 28.4 Å². The number of aromatic nitrogens is 2. The molecule has 1 aromatic heterocycles. The van der Waals surface area contributed by atoms with Crippen LogP contribution in [-0.2, 0) is 11.4 Å². The first-order valence-electron chi connectivity index (χ1n) is 13.9. The summed E-state index contributed by atoms with van der Waals surface area (Å²) in [7, 11) is 2.17. The van der Waals surface area contributed by atoms with Gasteiger partial charge in [-0.25, -0.2) is 14.9 Å². The molecular weight excluding hydrogens is 587 g/mol. The number of nitrogens with zero attached hydrogens (tertiary/aromatic N) is 4. The van der Waals surface area contributed by atoms with Gasteiger partial charge in [0.1, 0.15) is 5.52 Å². The number of nitrogens with one attached hydrogen (secondary N) is 2. The summed E-state index contributed by atoms with van der Waals surface area (Å²) in [6.45, 7) is 6.78. The van der Waals surface area contributed by atoms with Gasteiger partial charge in [0.2, 0.25) is 0 Å². The van der Waals surface area contributed by atoms with E-state index in [9.17, 15) is 4.79 Å². The molecule has 1 aliphatic heterocycles. The molecule has 1 amide bonds. The molecule has 1 atom stereocenters. The maximum absolute atomic E-state index is 15.9. The van der Waals surface area contributed by atoms with Crippen molar-refractivity contribution >= 4 is 50.2 Å². The number of rotatable bonds is 12. The van der Waals surface area contributed by atoms with Crippen molar-refractivity contribution in [1.82, 2.24) is 24.8 Å². The molecule has 2 heterocycles. The molecule has 5 rings (SSSR count). The summed E-state index contributed by atoms with van der Waals surface area (Å²) in [5.41, 5.74) is 4.15. The minimum atomic E-state index is -0.577. The number of anilines is 1. The number of hydrogen-bond acceptors (Lipinski definition) is 6. The van der Waals surface area contributed by atoms with E-state index in [1.165, 1.54) is 0 Å². The monoisotopic (exact) mass is 622 g/mol. The highest BCUT2D eigenvalue weighted by Gasteiger charge is 2.26. The summed E-state index contributed by atoms with van der Waals surface area (Å²) >= 11 is 9.98. The second-order valence-electron chi connectivity index (χ2n) is 10.8. The van der Waals surface area contributed by atoms with Crippen LogP contribution < -0.4 is 10.8 Å². The Bertz CT molecular complexity index is 1240. The topological polar surface area (TPSA) is 74.7 Å². The molecule has 1 aromatic carbocycles. The lowest BCUT2D eigenvalue weighted by Gasteiger charge is -2.32. The Balaban J connectivity index is 1.30. The molecule has 11 heteroatoms. The van der Waals surface area contributed by atoms with E-state index in [4.69, 9.17) is 16.4 Å². The highest BCUT2D eigenvalue weighted by atomic mass is 79.9. The van der Waals surface area contributed by atoms with E-state index >= 15 is 4.39 Å². The van der Waals surface area contributed by atoms with Gasteiger partial charge in [0.25, 0.3) is 5.91 Å². The summed E-state index contributed by atoms with van der Waals surface area (Å²) in [6.07, 6.45) is 11.3. The van der Waals surface area contributed by atoms with Gasteiger partial charge in [-0.2, -0.15) is 0 Å². The lowest BCUT2D eigenvalue weighted by Crippen LogP contribution is -2.44. The van der Waals surface area contributed by atoms with Gasteiger partial charge in [0.15, 0.2) is 5.82 Å². The van der Waals surface area contributed by atoms with Gasteiger partial charge in [-0.3, -0.25) is 9.63 Å². The molecule has 1 saturated carbocycles. The third kappa shape index (κ3) is 7.41. The molecule has 0 bridgehead atoms. The van der Waals surface area contributed by atoms with Gasteiger partial charge in [0, 0.05) is 44.8 Å². The molecule has 0 radical (unpaired) electrons. The largest absolute Gasteiger partial charge is 0.355 e. The second-order valence-corrected chi connectivity index (χ2v) is 12.4. The lowest BCUT2D eigenvalue weighted by atomic mass is 10.1. The quantitative estimate of drug-likeness (QED) is 0.191. The smallest absolute Gasteiger partial charge is 0.277 e. The number of aryl methyl sites for hydroxylation is 1. The fourth-order valence-electron chi connectivity index (χ4n) is 4.97. The van der Waals surface area contributed by atoms with E-state index in [1.54, 1.807) is 18.5 Å². The molecule has 39 heavy (non-hydrogen) atoms. The number of carbonyl (C=O) groups is 1. The van der Waals surface area contributed by atoms with Crippen LogP contribution in [0.15, 0.2) is 34.7 Å². The summed E-state index contributed by atoms with van der Waals surface area (Å²) in [4.78, 5) is 27.9. The van der Waals surface area contributed by atoms with Crippen LogP contribution >= 0.6 is 27.5 Å². The van der Waals surface area contributed by atoms with E-state index in [0.717, 1.165) is 69.3 Å². The maximum Gasteiger partial charge on any atom is 0.277 e. The molecular formula is C28H37BrClFN6O2.